The summed E-state index contributed by atoms with van der Waals surface area (Å²) in [5.74, 6) is -1.76. The number of imidazole rings is 1. The Labute approximate surface area is 206 Å². The summed E-state index contributed by atoms with van der Waals surface area (Å²) >= 11 is 1.27. The summed E-state index contributed by atoms with van der Waals surface area (Å²) in [6.07, 6.45) is 1.79. The fourth-order valence-electron chi connectivity index (χ4n) is 3.50. The number of anilines is 1. The van der Waals surface area contributed by atoms with Crippen molar-refractivity contribution in [3.63, 3.8) is 0 Å². The summed E-state index contributed by atoms with van der Waals surface area (Å²) in [4.78, 5) is 40.4. The standard InChI is InChI=1S/C26H23N5O3S/c1-16-7-9-17(10-8-16)22-14-29-26(31(22)21-5-3-2-4-6-21)35-15-23(32)30-20-12-18(24(27)33)11-19(13-20)25(28)34/h2-14H,15H2,1H3,(H2,27,33)(H2,28,34)(H,30,32). The summed E-state index contributed by atoms with van der Waals surface area (Å²) < 4.78 is 2.00. The lowest BCUT2D eigenvalue weighted by molar-refractivity contribution is -0.113. The fraction of sp³-hybridized carbons (Fsp3) is 0.0769. The number of nitrogens with two attached hydrogens (primary N) is 2. The largest absolute Gasteiger partial charge is 0.366 e. The van der Waals surface area contributed by atoms with Crippen LogP contribution in [0, 0.1) is 6.92 Å². The first-order valence-corrected chi connectivity index (χ1v) is 11.7. The number of rotatable bonds is 8. The van der Waals surface area contributed by atoms with Gasteiger partial charge in [-0.05, 0) is 37.3 Å². The fourth-order valence-corrected chi connectivity index (χ4v) is 4.30. The number of benzene rings is 3. The van der Waals surface area contributed by atoms with E-state index in [0.29, 0.717) is 5.16 Å². The van der Waals surface area contributed by atoms with Crippen LogP contribution in [0.3, 0.4) is 0 Å². The molecular formula is C26H23N5O3S. The van der Waals surface area contributed by atoms with Crippen LogP contribution in [0.15, 0.2) is 84.1 Å². The molecule has 8 nitrogen and oxygen atoms in total. The third-order valence-electron chi connectivity index (χ3n) is 5.21. The number of hydrogen-bond acceptors (Lipinski definition) is 5. The maximum absolute atomic E-state index is 12.7. The molecule has 3 aromatic carbocycles. The van der Waals surface area contributed by atoms with Gasteiger partial charge in [-0.1, -0.05) is 59.8 Å². The molecule has 0 spiro atoms. The van der Waals surface area contributed by atoms with Crippen LogP contribution in [0.25, 0.3) is 16.9 Å². The number of carbonyl (C=O) groups is 3. The Morgan fingerprint density at radius 3 is 2.14 bits per heavy atom. The third-order valence-corrected chi connectivity index (χ3v) is 6.16. The third kappa shape index (κ3) is 5.59. The van der Waals surface area contributed by atoms with Gasteiger partial charge in [-0.25, -0.2) is 4.98 Å². The van der Waals surface area contributed by atoms with E-state index in [0.717, 1.165) is 22.5 Å². The van der Waals surface area contributed by atoms with Gasteiger partial charge in [-0.3, -0.25) is 19.0 Å². The van der Waals surface area contributed by atoms with Crippen LogP contribution in [0.4, 0.5) is 5.69 Å². The van der Waals surface area contributed by atoms with E-state index in [2.05, 4.69) is 10.3 Å². The molecule has 0 saturated carbocycles. The minimum atomic E-state index is -0.730. The number of carbonyl (C=O) groups excluding carboxylic acids is 3. The second-order valence-corrected chi connectivity index (χ2v) is 8.77. The van der Waals surface area contributed by atoms with E-state index in [1.54, 1.807) is 6.20 Å². The van der Waals surface area contributed by atoms with Crippen molar-refractivity contribution in [2.75, 3.05) is 11.1 Å². The molecule has 176 valence electrons. The number of aromatic nitrogens is 2. The molecule has 0 atom stereocenters. The molecule has 4 aromatic rings. The van der Waals surface area contributed by atoms with Crippen molar-refractivity contribution in [1.82, 2.24) is 9.55 Å². The first-order chi connectivity index (χ1) is 16.8. The smallest absolute Gasteiger partial charge is 0.248 e. The molecule has 0 aliphatic rings. The highest BCUT2D eigenvalue weighted by atomic mass is 32.2. The molecule has 3 amide bonds. The molecule has 0 saturated heterocycles. The Balaban J connectivity index is 1.57. The molecule has 0 radical (unpaired) electrons. The summed E-state index contributed by atoms with van der Waals surface area (Å²) in [6, 6.07) is 22.0. The first kappa shape index (κ1) is 23.8. The predicted octanol–water partition coefficient (Wildman–Crippen LogP) is 3.78. The second-order valence-electron chi connectivity index (χ2n) is 7.83. The van der Waals surface area contributed by atoms with E-state index in [1.807, 2.05) is 66.1 Å². The van der Waals surface area contributed by atoms with Gasteiger partial charge in [0.15, 0.2) is 5.16 Å². The second kappa shape index (κ2) is 10.3. The quantitative estimate of drug-likeness (QED) is 0.327. The normalized spacial score (nSPS) is 10.7. The number of para-hydroxylation sites is 1. The molecule has 9 heteroatoms. The number of amides is 3. The first-order valence-electron chi connectivity index (χ1n) is 10.7. The van der Waals surface area contributed by atoms with Crippen LogP contribution in [-0.2, 0) is 4.79 Å². The SMILES string of the molecule is Cc1ccc(-c2cnc(SCC(=O)Nc3cc(C(N)=O)cc(C(N)=O)c3)n2-c2ccccc2)cc1. The van der Waals surface area contributed by atoms with E-state index < -0.39 is 11.8 Å². The van der Waals surface area contributed by atoms with Crippen LogP contribution >= 0.6 is 11.8 Å². The molecule has 1 heterocycles. The van der Waals surface area contributed by atoms with Gasteiger partial charge in [0.2, 0.25) is 17.7 Å². The summed E-state index contributed by atoms with van der Waals surface area (Å²) in [7, 11) is 0. The van der Waals surface area contributed by atoms with Crippen molar-refractivity contribution in [3.05, 3.63) is 95.7 Å². The van der Waals surface area contributed by atoms with Crippen LogP contribution in [0.1, 0.15) is 26.3 Å². The summed E-state index contributed by atoms with van der Waals surface area (Å²) in [5.41, 5.74) is 15.1. The predicted molar refractivity (Wildman–Crippen MR) is 137 cm³/mol. The van der Waals surface area contributed by atoms with E-state index in [4.69, 9.17) is 11.5 Å². The minimum absolute atomic E-state index is 0.0455. The molecule has 5 N–H and O–H groups in total. The van der Waals surface area contributed by atoms with Gasteiger partial charge >= 0.3 is 0 Å². The van der Waals surface area contributed by atoms with Crippen molar-refractivity contribution < 1.29 is 14.4 Å². The number of nitrogens with zero attached hydrogens (tertiary/aromatic N) is 2. The molecule has 0 bridgehead atoms. The van der Waals surface area contributed by atoms with Gasteiger partial charge in [0.1, 0.15) is 0 Å². The Kier molecular flexibility index (Phi) is 6.98. The zero-order valence-electron chi connectivity index (χ0n) is 18.9. The maximum atomic E-state index is 12.7. The van der Waals surface area contributed by atoms with E-state index in [9.17, 15) is 14.4 Å². The van der Waals surface area contributed by atoms with Gasteiger partial charge in [0, 0.05) is 28.1 Å². The number of nitrogens with one attached hydrogen (secondary N) is 1. The highest BCUT2D eigenvalue weighted by molar-refractivity contribution is 7.99. The van der Waals surface area contributed by atoms with Gasteiger partial charge < -0.3 is 16.8 Å². The highest BCUT2D eigenvalue weighted by Crippen LogP contribution is 2.30. The van der Waals surface area contributed by atoms with Crippen LogP contribution in [-0.4, -0.2) is 33.0 Å². The number of thioether (sulfide) groups is 1. The van der Waals surface area contributed by atoms with Gasteiger partial charge in [-0.2, -0.15) is 0 Å². The van der Waals surface area contributed by atoms with Crippen molar-refractivity contribution >= 4 is 35.2 Å². The Morgan fingerprint density at radius 2 is 1.54 bits per heavy atom. The van der Waals surface area contributed by atoms with Gasteiger partial charge in [0.25, 0.3) is 0 Å². The van der Waals surface area contributed by atoms with Crippen molar-refractivity contribution in [2.45, 2.75) is 12.1 Å². The van der Waals surface area contributed by atoms with E-state index >= 15 is 0 Å². The lowest BCUT2D eigenvalue weighted by Gasteiger charge is -2.12. The number of aryl methyl sites for hydroxylation is 1. The monoisotopic (exact) mass is 485 g/mol. The molecule has 0 aliphatic carbocycles. The molecule has 0 fully saturated rings. The minimum Gasteiger partial charge on any atom is -0.366 e. The van der Waals surface area contributed by atoms with E-state index in [-0.39, 0.29) is 28.5 Å². The van der Waals surface area contributed by atoms with Crippen LogP contribution in [0.2, 0.25) is 0 Å². The van der Waals surface area contributed by atoms with Crippen LogP contribution in [0.5, 0.6) is 0 Å². The van der Waals surface area contributed by atoms with Crippen molar-refractivity contribution in [3.8, 4) is 16.9 Å². The van der Waals surface area contributed by atoms with Gasteiger partial charge in [-0.15, -0.1) is 0 Å². The Hall–Kier alpha value is -4.37. The topological polar surface area (TPSA) is 133 Å². The van der Waals surface area contributed by atoms with Crippen molar-refractivity contribution in [2.24, 2.45) is 11.5 Å². The molecule has 1 aromatic heterocycles. The van der Waals surface area contributed by atoms with Crippen molar-refractivity contribution in [1.29, 1.82) is 0 Å². The molecule has 0 unspecified atom stereocenters. The van der Waals surface area contributed by atoms with Crippen LogP contribution < -0.4 is 16.8 Å². The average Bonchev–Trinajstić information content (AvgIpc) is 3.27. The average molecular weight is 486 g/mol. The Bertz CT molecular complexity index is 1370. The number of primary amides is 2. The van der Waals surface area contributed by atoms with E-state index in [1.165, 1.54) is 30.0 Å². The lowest BCUT2D eigenvalue weighted by atomic mass is 10.1. The number of hydrogen-bond donors (Lipinski definition) is 3. The van der Waals surface area contributed by atoms with Gasteiger partial charge in [0.05, 0.1) is 17.6 Å². The maximum Gasteiger partial charge on any atom is 0.248 e. The Morgan fingerprint density at radius 1 is 0.914 bits per heavy atom. The molecular weight excluding hydrogens is 462 g/mol. The zero-order valence-corrected chi connectivity index (χ0v) is 19.7. The highest BCUT2D eigenvalue weighted by Gasteiger charge is 2.16. The summed E-state index contributed by atoms with van der Waals surface area (Å²) in [5, 5.41) is 3.34. The molecule has 0 aliphatic heterocycles. The lowest BCUT2D eigenvalue weighted by Crippen LogP contribution is -2.19. The summed E-state index contributed by atoms with van der Waals surface area (Å²) in [6.45, 7) is 2.03. The molecule has 35 heavy (non-hydrogen) atoms. The molecule has 4 rings (SSSR count). The zero-order chi connectivity index (χ0) is 24.9.